The van der Waals surface area contributed by atoms with E-state index in [1.165, 1.54) is 12.2 Å². The van der Waals surface area contributed by atoms with Crippen molar-refractivity contribution >= 4 is 12.2 Å². The molecular formula is C8H14N2O4. The molecule has 14 heavy (non-hydrogen) atoms. The molecule has 0 heterocycles. The average Bonchev–Trinajstić information content (AvgIpc) is 2.24. The molecule has 0 unspecified atom stereocenters. The SMILES string of the molecule is O=C=NCCCCN=C=O.OCCO. The zero-order valence-electron chi connectivity index (χ0n) is 7.85. The maximum Gasteiger partial charge on any atom is 0.234 e. The van der Waals surface area contributed by atoms with Crippen molar-refractivity contribution in [3.63, 3.8) is 0 Å². The average molecular weight is 202 g/mol. The maximum atomic E-state index is 9.52. The number of hydrogen-bond donors (Lipinski definition) is 2. The molecule has 6 heteroatoms. The number of aliphatic imine (C=N–C) groups is 2. The number of aliphatic hydroxyl groups excluding tert-OH is 2. The molecule has 0 saturated carbocycles. The Bertz CT molecular complexity index is 174. The lowest BCUT2D eigenvalue weighted by molar-refractivity contribution is 0.186. The summed E-state index contributed by atoms with van der Waals surface area (Å²) in [6.07, 6.45) is 4.38. The Morgan fingerprint density at radius 2 is 1.21 bits per heavy atom. The van der Waals surface area contributed by atoms with E-state index in [9.17, 15) is 9.59 Å². The first-order valence-corrected chi connectivity index (χ1v) is 4.12. The van der Waals surface area contributed by atoms with Crippen molar-refractivity contribution in [3.05, 3.63) is 0 Å². The topological polar surface area (TPSA) is 99.3 Å². The Morgan fingerprint density at radius 1 is 0.857 bits per heavy atom. The van der Waals surface area contributed by atoms with Crippen LogP contribution in [0.15, 0.2) is 9.98 Å². The van der Waals surface area contributed by atoms with Crippen LogP contribution in [-0.2, 0) is 9.59 Å². The maximum absolute atomic E-state index is 9.52. The first-order chi connectivity index (χ1) is 6.83. The van der Waals surface area contributed by atoms with Crippen LogP contribution in [0.1, 0.15) is 12.8 Å². The van der Waals surface area contributed by atoms with Crippen LogP contribution in [0.3, 0.4) is 0 Å². The van der Waals surface area contributed by atoms with E-state index >= 15 is 0 Å². The first kappa shape index (κ1) is 15.2. The fourth-order valence-corrected chi connectivity index (χ4v) is 0.473. The number of unbranched alkanes of at least 4 members (excludes halogenated alkanes) is 1. The Hall–Kier alpha value is -1.32. The van der Waals surface area contributed by atoms with Crippen molar-refractivity contribution in [1.82, 2.24) is 0 Å². The van der Waals surface area contributed by atoms with Gasteiger partial charge in [-0.1, -0.05) is 0 Å². The Kier molecular flexibility index (Phi) is 19.2. The van der Waals surface area contributed by atoms with E-state index < -0.39 is 0 Å². The molecule has 0 rings (SSSR count). The molecule has 0 radical (unpaired) electrons. The summed E-state index contributed by atoms with van der Waals surface area (Å²) in [5.74, 6) is 0. The molecule has 0 aliphatic rings. The molecule has 0 aromatic rings. The number of hydrogen-bond acceptors (Lipinski definition) is 6. The van der Waals surface area contributed by atoms with E-state index in [2.05, 4.69) is 9.98 Å². The van der Waals surface area contributed by atoms with E-state index in [4.69, 9.17) is 10.2 Å². The molecule has 0 spiro atoms. The minimum absolute atomic E-state index is 0.125. The monoisotopic (exact) mass is 202 g/mol. The normalized spacial score (nSPS) is 7.57. The molecule has 80 valence electrons. The molecule has 0 fully saturated rings. The smallest absolute Gasteiger partial charge is 0.234 e. The zero-order valence-corrected chi connectivity index (χ0v) is 7.85. The summed E-state index contributed by atoms with van der Waals surface area (Å²) >= 11 is 0. The summed E-state index contributed by atoms with van der Waals surface area (Å²) in [6.45, 7) is 0.690. The van der Waals surface area contributed by atoms with Gasteiger partial charge in [0.15, 0.2) is 0 Å². The molecule has 0 saturated heterocycles. The molecule has 0 aromatic heterocycles. The van der Waals surface area contributed by atoms with Crippen molar-refractivity contribution in [3.8, 4) is 0 Å². The summed E-state index contributed by atoms with van der Waals surface area (Å²) in [7, 11) is 0. The van der Waals surface area contributed by atoms with Crippen LogP contribution in [0.2, 0.25) is 0 Å². The van der Waals surface area contributed by atoms with Crippen LogP contribution in [0, 0.1) is 0 Å². The second kappa shape index (κ2) is 17.7. The van der Waals surface area contributed by atoms with Gasteiger partial charge in [-0.3, -0.25) is 0 Å². The second-order valence-electron chi connectivity index (χ2n) is 2.10. The molecule has 0 aliphatic carbocycles. The van der Waals surface area contributed by atoms with Crippen molar-refractivity contribution in [2.75, 3.05) is 26.3 Å². The standard InChI is InChI=1S/C6H8N2O2.C2H6O2/c9-5-7-3-1-2-4-8-6-10;3-1-2-4/h1-4H2;3-4H,1-2H2. The van der Waals surface area contributed by atoms with Crippen LogP contribution in [-0.4, -0.2) is 48.7 Å². The van der Waals surface area contributed by atoms with Gasteiger partial charge in [-0.05, 0) is 12.8 Å². The molecule has 0 aromatic carbocycles. The highest BCUT2D eigenvalue weighted by Gasteiger charge is 1.83. The van der Waals surface area contributed by atoms with Gasteiger partial charge in [-0.2, -0.15) is 0 Å². The summed E-state index contributed by atoms with van der Waals surface area (Å²) in [5, 5.41) is 15.2. The summed E-state index contributed by atoms with van der Waals surface area (Å²) in [5.41, 5.74) is 0. The van der Waals surface area contributed by atoms with Crippen molar-refractivity contribution < 1.29 is 19.8 Å². The summed E-state index contributed by atoms with van der Waals surface area (Å²) in [6, 6.07) is 0. The van der Waals surface area contributed by atoms with Gasteiger partial charge in [0.25, 0.3) is 0 Å². The van der Waals surface area contributed by atoms with Gasteiger partial charge in [-0.15, -0.1) is 0 Å². The number of carbonyl (C=O) groups excluding carboxylic acids is 2. The fraction of sp³-hybridized carbons (Fsp3) is 0.750. The van der Waals surface area contributed by atoms with Gasteiger partial charge in [0.1, 0.15) is 0 Å². The van der Waals surface area contributed by atoms with Crippen molar-refractivity contribution in [2.24, 2.45) is 9.98 Å². The third-order valence-corrected chi connectivity index (χ3v) is 1.02. The van der Waals surface area contributed by atoms with Gasteiger partial charge in [0.05, 0.1) is 26.3 Å². The highest BCUT2D eigenvalue weighted by Crippen LogP contribution is 1.88. The van der Waals surface area contributed by atoms with Gasteiger partial charge in [0.2, 0.25) is 12.2 Å². The molecule has 0 aliphatic heterocycles. The van der Waals surface area contributed by atoms with Gasteiger partial charge < -0.3 is 10.2 Å². The van der Waals surface area contributed by atoms with Gasteiger partial charge in [-0.25, -0.2) is 19.6 Å². The van der Waals surface area contributed by atoms with Crippen molar-refractivity contribution in [1.29, 1.82) is 0 Å². The number of isocyanates is 2. The Labute approximate surface area is 82.0 Å². The van der Waals surface area contributed by atoms with Crippen LogP contribution in [0.4, 0.5) is 0 Å². The molecular weight excluding hydrogens is 188 g/mol. The van der Waals surface area contributed by atoms with Crippen LogP contribution < -0.4 is 0 Å². The molecule has 0 bridgehead atoms. The van der Waals surface area contributed by atoms with Crippen LogP contribution in [0.25, 0.3) is 0 Å². The highest BCUT2D eigenvalue weighted by atomic mass is 16.3. The lowest BCUT2D eigenvalue weighted by atomic mass is 10.3. The van der Waals surface area contributed by atoms with E-state index in [1.807, 2.05) is 0 Å². The lowest BCUT2D eigenvalue weighted by Crippen LogP contribution is -1.85. The highest BCUT2D eigenvalue weighted by molar-refractivity contribution is 5.33. The summed E-state index contributed by atoms with van der Waals surface area (Å²) < 4.78 is 0. The van der Waals surface area contributed by atoms with Crippen molar-refractivity contribution in [2.45, 2.75) is 12.8 Å². The Balaban J connectivity index is 0. The second-order valence-corrected chi connectivity index (χ2v) is 2.10. The predicted molar refractivity (Wildman–Crippen MR) is 49.4 cm³/mol. The van der Waals surface area contributed by atoms with E-state index in [0.29, 0.717) is 13.1 Å². The minimum Gasteiger partial charge on any atom is -0.394 e. The Morgan fingerprint density at radius 3 is 1.43 bits per heavy atom. The largest absolute Gasteiger partial charge is 0.394 e. The molecule has 0 atom stereocenters. The van der Waals surface area contributed by atoms with E-state index in [-0.39, 0.29) is 13.2 Å². The molecule has 6 nitrogen and oxygen atoms in total. The molecule has 2 N–H and O–H groups in total. The van der Waals surface area contributed by atoms with Gasteiger partial charge in [0, 0.05) is 0 Å². The quantitative estimate of drug-likeness (QED) is 0.341. The third-order valence-electron chi connectivity index (χ3n) is 1.02. The third kappa shape index (κ3) is 22.4. The number of aliphatic hydroxyl groups is 2. The van der Waals surface area contributed by atoms with E-state index in [1.54, 1.807) is 0 Å². The van der Waals surface area contributed by atoms with Gasteiger partial charge >= 0.3 is 0 Å². The van der Waals surface area contributed by atoms with Crippen LogP contribution >= 0.6 is 0 Å². The lowest BCUT2D eigenvalue weighted by Gasteiger charge is -1.87. The zero-order chi connectivity index (χ0) is 11.1. The number of nitrogens with zero attached hydrogens (tertiary/aromatic N) is 2. The van der Waals surface area contributed by atoms with Crippen LogP contribution in [0.5, 0.6) is 0 Å². The molecule has 0 amide bonds. The number of rotatable bonds is 6. The fourth-order valence-electron chi connectivity index (χ4n) is 0.473. The first-order valence-electron chi connectivity index (χ1n) is 4.12. The summed E-state index contributed by atoms with van der Waals surface area (Å²) in [4.78, 5) is 25.7. The van der Waals surface area contributed by atoms with E-state index in [0.717, 1.165) is 12.8 Å². The minimum atomic E-state index is -0.125. The predicted octanol–water partition coefficient (Wildman–Crippen LogP) is -0.591.